The molecule has 0 bridgehead atoms. The van der Waals surface area contributed by atoms with Crippen molar-refractivity contribution in [3.63, 3.8) is 0 Å². The highest BCUT2D eigenvalue weighted by Gasteiger charge is 2.22. The highest BCUT2D eigenvalue weighted by atomic mass is 35.5. The van der Waals surface area contributed by atoms with Crippen molar-refractivity contribution in [1.29, 1.82) is 0 Å². The van der Waals surface area contributed by atoms with E-state index in [4.69, 9.17) is 11.6 Å². The Morgan fingerprint density at radius 1 is 1.14 bits per heavy atom. The van der Waals surface area contributed by atoms with Gasteiger partial charge in [0.15, 0.2) is 0 Å². The lowest BCUT2D eigenvalue weighted by molar-refractivity contribution is -0.384. The van der Waals surface area contributed by atoms with Crippen molar-refractivity contribution in [3.8, 4) is 0 Å². The van der Waals surface area contributed by atoms with Gasteiger partial charge in [-0.25, -0.2) is 0 Å². The molecule has 0 spiro atoms. The number of nitrogens with zero attached hydrogens (tertiary/aromatic N) is 3. The second kappa shape index (κ2) is 8.58. The van der Waals surface area contributed by atoms with Crippen LogP contribution in [0.1, 0.15) is 11.1 Å². The lowest BCUT2D eigenvalue weighted by Gasteiger charge is -2.36. The van der Waals surface area contributed by atoms with Crippen molar-refractivity contribution in [2.24, 2.45) is 0 Å². The summed E-state index contributed by atoms with van der Waals surface area (Å²) in [6, 6.07) is 10.5. The Kier molecular flexibility index (Phi) is 6.16. The summed E-state index contributed by atoms with van der Waals surface area (Å²) in [7, 11) is 0. The number of nitrogens with one attached hydrogen (secondary N) is 1. The summed E-state index contributed by atoms with van der Waals surface area (Å²) in [4.78, 5) is 27.0. The molecule has 0 aromatic heterocycles. The molecule has 0 unspecified atom stereocenters. The number of rotatable bonds is 5. The first-order valence-electron chi connectivity index (χ1n) is 9.12. The fourth-order valence-electron chi connectivity index (χ4n) is 3.41. The van der Waals surface area contributed by atoms with E-state index in [-0.39, 0.29) is 11.6 Å². The molecule has 1 heterocycles. The molecule has 2 aromatic carbocycles. The van der Waals surface area contributed by atoms with E-state index in [1.165, 1.54) is 12.1 Å². The van der Waals surface area contributed by atoms with Crippen LogP contribution in [0, 0.1) is 24.0 Å². The minimum Gasteiger partial charge on any atom is -0.368 e. The molecule has 2 aromatic rings. The van der Waals surface area contributed by atoms with Gasteiger partial charge in [-0.1, -0.05) is 29.8 Å². The number of hydrogen-bond donors (Lipinski definition) is 1. The fraction of sp³-hybridized carbons (Fsp3) is 0.350. The molecule has 8 heteroatoms. The molecule has 0 atom stereocenters. The number of piperazine rings is 1. The predicted octanol–water partition coefficient (Wildman–Crippen LogP) is 3.63. The van der Waals surface area contributed by atoms with Gasteiger partial charge in [0.1, 0.15) is 0 Å². The van der Waals surface area contributed by atoms with Gasteiger partial charge in [0, 0.05) is 44.0 Å². The number of para-hydroxylation sites is 1. The first-order chi connectivity index (χ1) is 13.3. The number of halogens is 1. The number of hydrogen-bond acceptors (Lipinski definition) is 5. The van der Waals surface area contributed by atoms with E-state index in [0.717, 1.165) is 22.5 Å². The smallest absolute Gasteiger partial charge is 0.271 e. The van der Waals surface area contributed by atoms with Crippen LogP contribution in [0.15, 0.2) is 36.4 Å². The third-order valence-electron chi connectivity index (χ3n) is 4.97. The summed E-state index contributed by atoms with van der Waals surface area (Å²) in [6.45, 7) is 7.13. The number of benzene rings is 2. The van der Waals surface area contributed by atoms with Crippen molar-refractivity contribution in [2.75, 3.05) is 42.9 Å². The van der Waals surface area contributed by atoms with Gasteiger partial charge in [-0.2, -0.15) is 0 Å². The highest BCUT2D eigenvalue weighted by Crippen LogP contribution is 2.30. The summed E-state index contributed by atoms with van der Waals surface area (Å²) in [5.74, 6) is -0.0285. The van der Waals surface area contributed by atoms with Gasteiger partial charge in [0.25, 0.3) is 5.69 Å². The van der Waals surface area contributed by atoms with Crippen molar-refractivity contribution in [1.82, 2.24) is 4.90 Å². The van der Waals surface area contributed by atoms with Crippen LogP contribution in [0.4, 0.5) is 17.1 Å². The van der Waals surface area contributed by atoms with E-state index in [1.54, 1.807) is 6.07 Å². The van der Waals surface area contributed by atoms with Gasteiger partial charge in [0.2, 0.25) is 5.91 Å². The van der Waals surface area contributed by atoms with Crippen molar-refractivity contribution >= 4 is 34.6 Å². The van der Waals surface area contributed by atoms with Gasteiger partial charge in [-0.15, -0.1) is 0 Å². The lowest BCUT2D eigenvalue weighted by Crippen LogP contribution is -2.48. The van der Waals surface area contributed by atoms with E-state index in [2.05, 4.69) is 15.1 Å². The molecule has 3 rings (SSSR count). The van der Waals surface area contributed by atoms with Crippen LogP contribution < -0.4 is 10.2 Å². The molecule has 1 fully saturated rings. The molecule has 0 aliphatic carbocycles. The number of aryl methyl sites for hydroxylation is 2. The molecule has 148 valence electrons. The molecule has 1 N–H and O–H groups in total. The third-order valence-corrected chi connectivity index (χ3v) is 5.27. The number of nitro benzene ring substituents is 1. The summed E-state index contributed by atoms with van der Waals surface area (Å²) < 4.78 is 0. The van der Waals surface area contributed by atoms with Crippen LogP contribution in [-0.4, -0.2) is 48.5 Å². The Balaban J connectivity index is 1.55. The first-order valence-corrected chi connectivity index (χ1v) is 9.50. The molecule has 7 nitrogen and oxygen atoms in total. The van der Waals surface area contributed by atoms with Crippen LogP contribution in [0.5, 0.6) is 0 Å². The number of amides is 1. The largest absolute Gasteiger partial charge is 0.368 e. The maximum Gasteiger partial charge on any atom is 0.271 e. The number of nitro groups is 1. The zero-order valence-corrected chi connectivity index (χ0v) is 16.7. The maximum atomic E-state index is 12.4. The normalized spacial score (nSPS) is 14.8. The Morgan fingerprint density at radius 3 is 2.36 bits per heavy atom. The molecule has 0 radical (unpaired) electrons. The van der Waals surface area contributed by atoms with Gasteiger partial charge < -0.3 is 10.2 Å². The van der Waals surface area contributed by atoms with E-state index < -0.39 is 4.92 Å². The first kappa shape index (κ1) is 20.1. The Labute approximate surface area is 169 Å². The topological polar surface area (TPSA) is 78.7 Å². The number of anilines is 2. The highest BCUT2D eigenvalue weighted by molar-refractivity contribution is 6.33. The molecule has 1 aliphatic heterocycles. The monoisotopic (exact) mass is 402 g/mol. The lowest BCUT2D eigenvalue weighted by atomic mass is 10.1. The standard InChI is InChI=1S/C20H23ClN4O3/c1-14-4-3-5-15(2)20(14)22-19(26)13-23-8-10-24(11-9-23)18-7-6-16(25(27)28)12-17(18)21/h3-7,12H,8-11,13H2,1-2H3,(H,22,26). The Bertz CT molecular complexity index is 875. The van der Waals surface area contributed by atoms with Gasteiger partial charge in [-0.3, -0.25) is 19.8 Å². The minimum atomic E-state index is -0.456. The van der Waals surface area contributed by atoms with Crippen molar-refractivity contribution in [3.05, 3.63) is 62.7 Å². The molecule has 28 heavy (non-hydrogen) atoms. The van der Waals surface area contributed by atoms with E-state index in [0.29, 0.717) is 37.7 Å². The van der Waals surface area contributed by atoms with Gasteiger partial charge in [0.05, 0.1) is 22.2 Å². The third kappa shape index (κ3) is 4.61. The van der Waals surface area contributed by atoms with Crippen LogP contribution in [0.2, 0.25) is 5.02 Å². The quantitative estimate of drug-likeness (QED) is 0.610. The zero-order chi connectivity index (χ0) is 20.3. The second-order valence-corrected chi connectivity index (χ2v) is 7.38. The number of non-ortho nitro benzene ring substituents is 1. The van der Waals surface area contributed by atoms with Crippen LogP contribution in [0.25, 0.3) is 0 Å². The minimum absolute atomic E-state index is 0.0180. The molecule has 1 amide bonds. The number of carbonyl (C=O) groups is 1. The Morgan fingerprint density at radius 2 is 1.79 bits per heavy atom. The van der Waals surface area contributed by atoms with Crippen LogP contribution >= 0.6 is 11.6 Å². The average molecular weight is 403 g/mol. The summed E-state index contributed by atoms with van der Waals surface area (Å²) in [5, 5.41) is 14.2. The number of carbonyl (C=O) groups excluding carboxylic acids is 1. The van der Waals surface area contributed by atoms with E-state index in [9.17, 15) is 14.9 Å². The predicted molar refractivity (Wildman–Crippen MR) is 111 cm³/mol. The summed E-state index contributed by atoms with van der Waals surface area (Å²) in [5.41, 5.74) is 3.74. The SMILES string of the molecule is Cc1cccc(C)c1NC(=O)CN1CCN(c2ccc([N+](=O)[O-])cc2Cl)CC1. The van der Waals surface area contributed by atoms with Crippen LogP contribution in [0.3, 0.4) is 0 Å². The summed E-state index contributed by atoms with van der Waals surface area (Å²) >= 11 is 6.22. The fourth-order valence-corrected chi connectivity index (χ4v) is 3.70. The van der Waals surface area contributed by atoms with Gasteiger partial charge >= 0.3 is 0 Å². The molecular weight excluding hydrogens is 380 g/mol. The maximum absolute atomic E-state index is 12.4. The zero-order valence-electron chi connectivity index (χ0n) is 15.9. The van der Waals surface area contributed by atoms with Crippen LogP contribution in [-0.2, 0) is 4.79 Å². The van der Waals surface area contributed by atoms with E-state index >= 15 is 0 Å². The Hall–Kier alpha value is -2.64. The van der Waals surface area contributed by atoms with Crippen molar-refractivity contribution < 1.29 is 9.72 Å². The molecule has 0 saturated carbocycles. The van der Waals surface area contributed by atoms with Crippen molar-refractivity contribution in [2.45, 2.75) is 13.8 Å². The average Bonchev–Trinajstić information content (AvgIpc) is 2.65. The molecular formula is C20H23ClN4O3. The van der Waals surface area contributed by atoms with Gasteiger partial charge in [-0.05, 0) is 31.0 Å². The second-order valence-electron chi connectivity index (χ2n) is 6.97. The van der Waals surface area contributed by atoms with E-state index in [1.807, 2.05) is 32.0 Å². The molecule has 1 saturated heterocycles. The summed E-state index contributed by atoms with van der Waals surface area (Å²) in [6.07, 6.45) is 0. The molecule has 1 aliphatic rings.